The zero-order valence-corrected chi connectivity index (χ0v) is 11.2. The third kappa shape index (κ3) is 3.28. The number of benzene rings is 1. The summed E-state index contributed by atoms with van der Waals surface area (Å²) in [6.45, 7) is 3.21. The van der Waals surface area contributed by atoms with Crippen LogP contribution < -0.4 is 9.47 Å². The molecule has 0 aliphatic rings. The number of rotatable bonds is 7. The van der Waals surface area contributed by atoms with E-state index in [0.29, 0.717) is 25.5 Å². The number of aromatic carboxylic acids is 1. The highest BCUT2D eigenvalue weighted by Crippen LogP contribution is 2.31. The van der Waals surface area contributed by atoms with E-state index in [9.17, 15) is 4.79 Å². The molecule has 0 aliphatic carbocycles. The van der Waals surface area contributed by atoms with E-state index in [1.807, 2.05) is 10.8 Å². The lowest BCUT2D eigenvalue weighted by Gasteiger charge is -2.14. The van der Waals surface area contributed by atoms with Gasteiger partial charge in [0.05, 0.1) is 19.5 Å². The van der Waals surface area contributed by atoms with Gasteiger partial charge in [0, 0.05) is 12.4 Å². The Bertz CT molecular complexity index is 567. The average molecular weight is 276 g/mol. The van der Waals surface area contributed by atoms with Gasteiger partial charge in [0.15, 0.2) is 11.5 Å². The minimum atomic E-state index is -1.03. The van der Waals surface area contributed by atoms with Gasteiger partial charge in [-0.3, -0.25) is 0 Å². The molecule has 0 unspecified atom stereocenters. The third-order valence-electron chi connectivity index (χ3n) is 2.66. The second-order valence-corrected chi connectivity index (χ2v) is 4.02. The monoisotopic (exact) mass is 276 g/mol. The fourth-order valence-corrected chi connectivity index (χ4v) is 1.77. The summed E-state index contributed by atoms with van der Waals surface area (Å²) in [5.41, 5.74) is 0.104. The summed E-state index contributed by atoms with van der Waals surface area (Å²) < 4.78 is 12.9. The summed E-state index contributed by atoms with van der Waals surface area (Å²) >= 11 is 0. The molecule has 2 aromatic rings. The first kappa shape index (κ1) is 13.9. The predicted molar refractivity (Wildman–Crippen MR) is 72.3 cm³/mol. The predicted octanol–water partition coefficient (Wildman–Crippen LogP) is 2.06. The highest BCUT2D eigenvalue weighted by molar-refractivity contribution is 5.92. The summed E-state index contributed by atoms with van der Waals surface area (Å²) in [6.07, 6.45) is 5.22. The topological polar surface area (TPSA) is 73.6 Å². The highest BCUT2D eigenvalue weighted by Gasteiger charge is 2.16. The molecular formula is C14H16N2O4. The number of ether oxygens (including phenoxy) is 2. The second kappa shape index (κ2) is 6.60. The van der Waals surface area contributed by atoms with Crippen molar-refractivity contribution in [3.05, 3.63) is 42.5 Å². The average Bonchev–Trinajstić information content (AvgIpc) is 2.93. The lowest BCUT2D eigenvalue weighted by atomic mass is 10.2. The second-order valence-electron chi connectivity index (χ2n) is 4.02. The molecule has 0 bridgehead atoms. The summed E-state index contributed by atoms with van der Waals surface area (Å²) in [7, 11) is 0. The molecule has 1 heterocycles. The number of para-hydroxylation sites is 1. The van der Waals surface area contributed by atoms with Crippen LogP contribution in [0.2, 0.25) is 0 Å². The van der Waals surface area contributed by atoms with Crippen LogP contribution in [0.1, 0.15) is 17.3 Å². The van der Waals surface area contributed by atoms with E-state index in [1.54, 1.807) is 31.6 Å². The highest BCUT2D eigenvalue weighted by atomic mass is 16.5. The number of aromatic nitrogens is 2. The minimum Gasteiger partial charge on any atom is -0.489 e. The molecular weight excluding hydrogens is 260 g/mol. The van der Waals surface area contributed by atoms with Crippen molar-refractivity contribution < 1.29 is 19.4 Å². The largest absolute Gasteiger partial charge is 0.489 e. The van der Waals surface area contributed by atoms with Crippen molar-refractivity contribution in [2.45, 2.75) is 13.5 Å². The maximum Gasteiger partial charge on any atom is 0.339 e. The normalized spacial score (nSPS) is 10.2. The van der Waals surface area contributed by atoms with Crippen LogP contribution in [0.3, 0.4) is 0 Å². The number of imidazole rings is 1. The molecule has 0 atom stereocenters. The van der Waals surface area contributed by atoms with Crippen molar-refractivity contribution in [2.24, 2.45) is 0 Å². The SMILES string of the molecule is CCOc1c(OCCn2ccnc2)cccc1C(=O)O. The van der Waals surface area contributed by atoms with E-state index < -0.39 is 5.97 Å². The van der Waals surface area contributed by atoms with Gasteiger partial charge >= 0.3 is 5.97 Å². The Morgan fingerprint density at radius 2 is 2.25 bits per heavy atom. The first-order valence-electron chi connectivity index (χ1n) is 6.30. The molecule has 0 saturated carbocycles. The van der Waals surface area contributed by atoms with Gasteiger partial charge in [-0.1, -0.05) is 6.07 Å². The Morgan fingerprint density at radius 3 is 2.90 bits per heavy atom. The summed E-state index contributed by atoms with van der Waals surface area (Å²) in [4.78, 5) is 15.1. The molecule has 2 rings (SSSR count). The van der Waals surface area contributed by atoms with E-state index >= 15 is 0 Å². The molecule has 6 heteroatoms. The fraction of sp³-hybridized carbons (Fsp3) is 0.286. The van der Waals surface area contributed by atoms with E-state index in [0.717, 1.165) is 0 Å². The van der Waals surface area contributed by atoms with Crippen LogP contribution in [0.4, 0.5) is 0 Å². The lowest BCUT2D eigenvalue weighted by molar-refractivity contribution is 0.0691. The number of hydrogen-bond acceptors (Lipinski definition) is 4. The van der Waals surface area contributed by atoms with Gasteiger partial charge in [-0.05, 0) is 19.1 Å². The molecule has 0 aliphatic heterocycles. The van der Waals surface area contributed by atoms with Crippen LogP contribution in [0.5, 0.6) is 11.5 Å². The van der Waals surface area contributed by atoms with Crippen molar-refractivity contribution in [3.8, 4) is 11.5 Å². The Balaban J connectivity index is 2.09. The van der Waals surface area contributed by atoms with Crippen molar-refractivity contribution in [1.29, 1.82) is 0 Å². The zero-order chi connectivity index (χ0) is 14.4. The fourth-order valence-electron chi connectivity index (χ4n) is 1.77. The van der Waals surface area contributed by atoms with Crippen LogP contribution >= 0.6 is 0 Å². The molecule has 1 aromatic heterocycles. The Morgan fingerprint density at radius 1 is 1.40 bits per heavy atom. The molecule has 1 aromatic carbocycles. The van der Waals surface area contributed by atoms with Crippen molar-refractivity contribution in [1.82, 2.24) is 9.55 Å². The van der Waals surface area contributed by atoms with Crippen LogP contribution in [0.25, 0.3) is 0 Å². The first-order chi connectivity index (χ1) is 9.72. The zero-order valence-electron chi connectivity index (χ0n) is 11.2. The van der Waals surface area contributed by atoms with E-state index in [-0.39, 0.29) is 11.3 Å². The lowest BCUT2D eigenvalue weighted by Crippen LogP contribution is -2.09. The van der Waals surface area contributed by atoms with Crippen molar-refractivity contribution >= 4 is 5.97 Å². The first-order valence-corrected chi connectivity index (χ1v) is 6.30. The maximum atomic E-state index is 11.2. The van der Waals surface area contributed by atoms with Gasteiger partial charge in [-0.15, -0.1) is 0 Å². The number of carboxylic acid groups (broad SMARTS) is 1. The van der Waals surface area contributed by atoms with E-state index in [2.05, 4.69) is 4.98 Å². The Labute approximate surface area is 116 Å². The number of carbonyl (C=O) groups is 1. The molecule has 0 fully saturated rings. The molecule has 0 spiro atoms. The summed E-state index contributed by atoms with van der Waals surface area (Å²) in [5, 5.41) is 9.14. The molecule has 0 amide bonds. The minimum absolute atomic E-state index is 0.104. The molecule has 20 heavy (non-hydrogen) atoms. The summed E-state index contributed by atoms with van der Waals surface area (Å²) in [6, 6.07) is 4.83. The number of carboxylic acids is 1. The Hall–Kier alpha value is -2.50. The Kier molecular flexibility index (Phi) is 4.60. The maximum absolute atomic E-state index is 11.2. The van der Waals surface area contributed by atoms with Crippen LogP contribution in [-0.4, -0.2) is 33.8 Å². The third-order valence-corrected chi connectivity index (χ3v) is 2.66. The van der Waals surface area contributed by atoms with Crippen molar-refractivity contribution in [2.75, 3.05) is 13.2 Å². The van der Waals surface area contributed by atoms with Gasteiger partial charge in [0.25, 0.3) is 0 Å². The number of nitrogens with zero attached hydrogens (tertiary/aromatic N) is 2. The molecule has 1 N–H and O–H groups in total. The van der Waals surface area contributed by atoms with Gasteiger partial charge in [-0.25, -0.2) is 9.78 Å². The summed E-state index contributed by atoms with van der Waals surface area (Å²) in [5.74, 6) is -0.325. The van der Waals surface area contributed by atoms with E-state index in [1.165, 1.54) is 6.07 Å². The van der Waals surface area contributed by atoms with Gasteiger partial charge in [-0.2, -0.15) is 0 Å². The molecule has 0 radical (unpaired) electrons. The number of hydrogen-bond donors (Lipinski definition) is 1. The van der Waals surface area contributed by atoms with Gasteiger partial charge in [0.1, 0.15) is 12.2 Å². The smallest absolute Gasteiger partial charge is 0.339 e. The quantitative estimate of drug-likeness (QED) is 0.838. The van der Waals surface area contributed by atoms with Gasteiger partial charge < -0.3 is 19.1 Å². The molecule has 106 valence electrons. The molecule has 6 nitrogen and oxygen atoms in total. The van der Waals surface area contributed by atoms with E-state index in [4.69, 9.17) is 14.6 Å². The standard InChI is InChI=1S/C14H16N2O4/c1-2-19-13-11(14(17)18)4-3-5-12(13)20-9-8-16-7-6-15-10-16/h3-7,10H,2,8-9H2,1H3,(H,17,18). The van der Waals surface area contributed by atoms with Gasteiger partial charge in [0.2, 0.25) is 0 Å². The van der Waals surface area contributed by atoms with Crippen LogP contribution in [0.15, 0.2) is 36.9 Å². The molecule has 0 saturated heterocycles. The van der Waals surface area contributed by atoms with Crippen LogP contribution in [0, 0.1) is 0 Å². The van der Waals surface area contributed by atoms with Crippen LogP contribution in [-0.2, 0) is 6.54 Å². The van der Waals surface area contributed by atoms with Crippen molar-refractivity contribution in [3.63, 3.8) is 0 Å².